The van der Waals surface area contributed by atoms with Crippen LogP contribution in [-0.2, 0) is 6.42 Å². The summed E-state index contributed by atoms with van der Waals surface area (Å²) in [6.45, 7) is 4.50. The maximum Gasteiger partial charge on any atom is 0.151 e. The highest BCUT2D eigenvalue weighted by Gasteiger charge is 2.23. The van der Waals surface area contributed by atoms with Crippen molar-refractivity contribution in [1.82, 2.24) is 0 Å². The molecule has 0 bridgehead atoms. The van der Waals surface area contributed by atoms with Crippen molar-refractivity contribution >= 4 is 74.6 Å². The molecule has 2 nitrogen and oxygen atoms in total. The van der Waals surface area contributed by atoms with Crippen molar-refractivity contribution in [2.45, 2.75) is 89.7 Å². The van der Waals surface area contributed by atoms with E-state index in [2.05, 4.69) is 50.3 Å². The maximum atomic E-state index is 12.1. The average Bonchev–Trinajstić information content (AvgIpc) is 3.82. The number of thiophene rings is 4. The van der Waals surface area contributed by atoms with E-state index in [1.165, 1.54) is 77.3 Å². The fourth-order valence-corrected chi connectivity index (χ4v) is 11.3. The third kappa shape index (κ3) is 7.61. The van der Waals surface area contributed by atoms with Gasteiger partial charge in [0.2, 0.25) is 0 Å². The van der Waals surface area contributed by atoms with Crippen LogP contribution in [0.4, 0.5) is 0 Å². The molecule has 216 valence electrons. The van der Waals surface area contributed by atoms with Crippen LogP contribution >= 0.6 is 57.1 Å². The lowest BCUT2D eigenvalue weighted by Gasteiger charge is -2.08. The summed E-state index contributed by atoms with van der Waals surface area (Å²) in [7, 11) is 0. The molecule has 1 aliphatic heterocycles. The van der Waals surface area contributed by atoms with E-state index in [1.54, 1.807) is 34.0 Å². The lowest BCUT2D eigenvalue weighted by molar-refractivity contribution is 0.111. The molecule has 0 saturated carbocycles. The number of carbonyl (C=O) groups is 2. The average molecular weight is 639 g/mol. The van der Waals surface area contributed by atoms with Gasteiger partial charge in [0.15, 0.2) is 12.6 Å². The number of unbranched alkanes of at least 4 members (excludes halogenated alkanes) is 6. The Morgan fingerprint density at radius 2 is 1.32 bits per heavy atom. The van der Waals surface area contributed by atoms with Gasteiger partial charge in [-0.2, -0.15) is 0 Å². The van der Waals surface area contributed by atoms with Crippen LogP contribution in [0.3, 0.4) is 0 Å². The van der Waals surface area contributed by atoms with Gasteiger partial charge < -0.3 is 0 Å². The number of rotatable bonds is 16. The van der Waals surface area contributed by atoms with E-state index in [-0.39, 0.29) is 0 Å². The van der Waals surface area contributed by atoms with Crippen molar-refractivity contribution in [2.75, 3.05) is 0 Å². The number of aryl methyl sites for hydroxylation is 1. The van der Waals surface area contributed by atoms with Crippen LogP contribution in [0.2, 0.25) is 0 Å². The SMILES string of the molecule is CCCCCCc1ccc(-c2cc(C=O)c(-c3ccc(-c4sc(C5=CCC(CCCCCC)S5)cc4C=O)s3)s2)s1. The molecule has 0 aliphatic carbocycles. The molecule has 1 aliphatic rings. The van der Waals surface area contributed by atoms with Gasteiger partial charge in [0.1, 0.15) is 0 Å². The molecule has 4 aromatic heterocycles. The second-order valence-electron chi connectivity index (χ2n) is 10.7. The van der Waals surface area contributed by atoms with Crippen LogP contribution in [0.15, 0.2) is 42.5 Å². The van der Waals surface area contributed by atoms with E-state index in [4.69, 9.17) is 0 Å². The first kappa shape index (κ1) is 30.7. The molecule has 0 amide bonds. The second kappa shape index (κ2) is 15.1. The molecular weight excluding hydrogens is 601 g/mol. The highest BCUT2D eigenvalue weighted by Crippen LogP contribution is 2.49. The topological polar surface area (TPSA) is 34.1 Å². The van der Waals surface area contributed by atoms with Crippen LogP contribution in [0.5, 0.6) is 0 Å². The Kier molecular flexibility index (Phi) is 11.3. The Morgan fingerprint density at radius 3 is 2.00 bits per heavy atom. The van der Waals surface area contributed by atoms with Gasteiger partial charge in [-0.15, -0.1) is 57.1 Å². The fraction of sp³-hybridized carbons (Fsp3) is 0.412. The zero-order valence-electron chi connectivity index (χ0n) is 23.9. The van der Waals surface area contributed by atoms with Crippen molar-refractivity contribution in [2.24, 2.45) is 0 Å². The van der Waals surface area contributed by atoms with Crippen LogP contribution in [0, 0.1) is 0 Å². The number of hydrogen-bond donors (Lipinski definition) is 0. The summed E-state index contributed by atoms with van der Waals surface area (Å²) in [4.78, 5) is 34.7. The summed E-state index contributed by atoms with van der Waals surface area (Å²) in [6, 6.07) is 12.8. The molecule has 41 heavy (non-hydrogen) atoms. The summed E-state index contributed by atoms with van der Waals surface area (Å²) < 4.78 is 0. The van der Waals surface area contributed by atoms with Crippen molar-refractivity contribution in [3.05, 3.63) is 63.4 Å². The molecule has 0 fully saturated rings. The summed E-state index contributed by atoms with van der Waals surface area (Å²) >= 11 is 8.95. The monoisotopic (exact) mass is 638 g/mol. The minimum atomic E-state index is 0.663. The first-order chi connectivity index (χ1) is 20.1. The van der Waals surface area contributed by atoms with Crippen molar-refractivity contribution in [3.63, 3.8) is 0 Å². The lowest BCUT2D eigenvalue weighted by Crippen LogP contribution is -1.96. The molecule has 0 saturated heterocycles. The van der Waals surface area contributed by atoms with Crippen molar-refractivity contribution < 1.29 is 9.59 Å². The van der Waals surface area contributed by atoms with Gasteiger partial charge in [-0.25, -0.2) is 0 Å². The number of thioether (sulfide) groups is 1. The van der Waals surface area contributed by atoms with Gasteiger partial charge in [-0.05, 0) is 62.1 Å². The largest absolute Gasteiger partial charge is 0.298 e. The number of hydrogen-bond acceptors (Lipinski definition) is 7. The molecule has 0 N–H and O–H groups in total. The Hall–Kier alpha value is -1.77. The third-order valence-electron chi connectivity index (χ3n) is 7.49. The summed E-state index contributed by atoms with van der Waals surface area (Å²) in [5.41, 5.74) is 1.51. The standard InChI is InChI=1S/C34H38O2S5/c1-3-5-7-9-11-25-13-15-27(37-25)31-19-23(21-35)33(40-31)29-17-18-30(39-29)34-24(22-36)20-32(41-34)28-16-14-26(38-28)12-10-8-6-4-2/h13,15-22,26H,3-12,14H2,1-2H3. The molecule has 5 rings (SSSR count). The minimum absolute atomic E-state index is 0.663. The van der Waals surface area contributed by atoms with E-state index in [1.807, 2.05) is 29.2 Å². The number of carbonyl (C=O) groups excluding carboxylic acids is 2. The molecular formula is C34H38O2S5. The van der Waals surface area contributed by atoms with E-state index < -0.39 is 0 Å². The molecule has 7 heteroatoms. The van der Waals surface area contributed by atoms with E-state index >= 15 is 0 Å². The van der Waals surface area contributed by atoms with E-state index in [0.717, 1.165) is 60.9 Å². The van der Waals surface area contributed by atoms with Gasteiger partial charge >= 0.3 is 0 Å². The summed E-state index contributed by atoms with van der Waals surface area (Å²) in [5, 5.41) is 0.663. The van der Waals surface area contributed by atoms with Crippen LogP contribution in [0.25, 0.3) is 34.2 Å². The Morgan fingerprint density at radius 1 is 0.683 bits per heavy atom. The minimum Gasteiger partial charge on any atom is -0.298 e. The van der Waals surface area contributed by atoms with Gasteiger partial charge in [-0.3, -0.25) is 9.59 Å². The number of aldehydes is 2. The Labute approximate surface area is 264 Å². The summed E-state index contributed by atoms with van der Waals surface area (Å²) in [5.74, 6) is 0. The fourth-order valence-electron chi connectivity index (χ4n) is 5.21. The quantitative estimate of drug-likeness (QED) is 0.0904. The normalized spacial score (nSPS) is 15.0. The molecule has 0 spiro atoms. The highest BCUT2D eigenvalue weighted by molar-refractivity contribution is 8.09. The zero-order valence-corrected chi connectivity index (χ0v) is 28.0. The van der Waals surface area contributed by atoms with Crippen LogP contribution < -0.4 is 0 Å². The maximum absolute atomic E-state index is 12.1. The zero-order chi connectivity index (χ0) is 28.6. The molecule has 0 radical (unpaired) electrons. The third-order valence-corrected chi connectivity index (χ3v) is 14.1. The predicted octanol–water partition coefficient (Wildman–Crippen LogP) is 12.5. The van der Waals surface area contributed by atoms with E-state index in [9.17, 15) is 9.59 Å². The van der Waals surface area contributed by atoms with Gasteiger partial charge in [0.05, 0.1) is 9.75 Å². The molecule has 5 heterocycles. The molecule has 0 aromatic carbocycles. The smallest absolute Gasteiger partial charge is 0.151 e. The molecule has 1 unspecified atom stereocenters. The first-order valence-corrected chi connectivity index (χ1v) is 19.0. The number of allylic oxidation sites excluding steroid dienone is 1. The summed E-state index contributed by atoms with van der Waals surface area (Å²) in [6.07, 6.45) is 18.2. The molecule has 1 atom stereocenters. The van der Waals surface area contributed by atoms with Gasteiger partial charge in [0.25, 0.3) is 0 Å². The second-order valence-corrected chi connectivity index (χ2v) is 16.4. The van der Waals surface area contributed by atoms with Crippen molar-refractivity contribution in [3.8, 4) is 29.3 Å². The van der Waals surface area contributed by atoms with Gasteiger partial charge in [0, 0.05) is 50.5 Å². The Bertz CT molecular complexity index is 1480. The molecule has 4 aromatic rings. The van der Waals surface area contributed by atoms with Gasteiger partial charge in [-0.1, -0.05) is 64.9 Å². The lowest BCUT2D eigenvalue weighted by atomic mass is 10.1. The predicted molar refractivity (Wildman–Crippen MR) is 186 cm³/mol. The van der Waals surface area contributed by atoms with Crippen molar-refractivity contribution in [1.29, 1.82) is 0 Å². The highest BCUT2D eigenvalue weighted by atomic mass is 32.2. The first-order valence-electron chi connectivity index (χ1n) is 14.9. The van der Waals surface area contributed by atoms with Crippen LogP contribution in [0.1, 0.15) is 109 Å². The van der Waals surface area contributed by atoms with Crippen LogP contribution in [-0.4, -0.2) is 17.8 Å². The van der Waals surface area contributed by atoms with E-state index in [0.29, 0.717) is 5.25 Å². The Balaban J connectivity index is 1.30.